The van der Waals surface area contributed by atoms with E-state index in [1.54, 1.807) is 11.9 Å². The maximum atomic E-state index is 11.9. The minimum atomic E-state index is -0.481. The fraction of sp³-hybridized carbons (Fsp3) is 0.818. The third-order valence-corrected chi connectivity index (χ3v) is 3.03. The highest BCUT2D eigenvalue weighted by atomic mass is 16.5. The normalized spacial score (nSPS) is 16.8. The van der Waals surface area contributed by atoms with Crippen LogP contribution in [0.4, 0.5) is 4.79 Å². The van der Waals surface area contributed by atoms with Crippen LogP contribution in [-0.2, 0) is 9.53 Å². The van der Waals surface area contributed by atoms with Crippen molar-refractivity contribution in [1.29, 1.82) is 0 Å². The molecular formula is C11H21N3O3. The molecule has 1 aliphatic heterocycles. The molecule has 0 aromatic rings. The largest absolute Gasteiger partial charge is 0.453 e. The highest BCUT2D eigenvalue weighted by molar-refractivity contribution is 5.82. The van der Waals surface area contributed by atoms with Gasteiger partial charge < -0.3 is 19.4 Å². The van der Waals surface area contributed by atoms with E-state index >= 15 is 0 Å². The third-order valence-electron chi connectivity index (χ3n) is 3.03. The van der Waals surface area contributed by atoms with Crippen molar-refractivity contribution in [2.75, 3.05) is 53.4 Å². The summed E-state index contributed by atoms with van der Waals surface area (Å²) in [5.74, 6) is -0.0198. The maximum absolute atomic E-state index is 11.9. The molecular weight excluding hydrogens is 222 g/mol. The van der Waals surface area contributed by atoms with Crippen molar-refractivity contribution in [2.24, 2.45) is 0 Å². The zero-order valence-electron chi connectivity index (χ0n) is 10.8. The fourth-order valence-corrected chi connectivity index (χ4v) is 1.84. The van der Waals surface area contributed by atoms with E-state index < -0.39 is 6.09 Å². The van der Waals surface area contributed by atoms with Crippen LogP contribution in [0.3, 0.4) is 0 Å². The van der Waals surface area contributed by atoms with Gasteiger partial charge in [-0.05, 0) is 6.54 Å². The molecule has 0 aromatic carbocycles. The third kappa shape index (κ3) is 3.89. The Labute approximate surface area is 102 Å². The van der Waals surface area contributed by atoms with E-state index in [9.17, 15) is 9.59 Å². The Morgan fingerprint density at radius 1 is 1.24 bits per heavy atom. The van der Waals surface area contributed by atoms with E-state index in [0.29, 0.717) is 0 Å². The molecule has 0 bridgehead atoms. The number of nitrogens with zero attached hydrogens (tertiary/aromatic N) is 3. The first-order valence-electron chi connectivity index (χ1n) is 5.87. The average molecular weight is 243 g/mol. The Kier molecular flexibility index (Phi) is 5.21. The van der Waals surface area contributed by atoms with Crippen molar-refractivity contribution in [2.45, 2.75) is 6.92 Å². The molecule has 98 valence electrons. The van der Waals surface area contributed by atoms with Gasteiger partial charge >= 0.3 is 6.09 Å². The van der Waals surface area contributed by atoms with Crippen LogP contribution < -0.4 is 0 Å². The molecule has 17 heavy (non-hydrogen) atoms. The SMILES string of the molecule is CCN1CCN(C(=O)CN(C)C(=O)OC)CC1. The number of hydrogen-bond donors (Lipinski definition) is 0. The Balaban J connectivity index is 2.36. The van der Waals surface area contributed by atoms with Crippen LogP contribution in [0, 0.1) is 0 Å². The lowest BCUT2D eigenvalue weighted by Crippen LogP contribution is -2.51. The standard InChI is InChI=1S/C11H21N3O3/c1-4-13-5-7-14(8-6-13)10(15)9-12(2)11(16)17-3/h4-9H2,1-3H3. The molecule has 0 unspecified atom stereocenters. The molecule has 1 aliphatic rings. The molecule has 1 fully saturated rings. The zero-order valence-corrected chi connectivity index (χ0v) is 10.8. The molecule has 6 nitrogen and oxygen atoms in total. The monoisotopic (exact) mass is 243 g/mol. The molecule has 6 heteroatoms. The summed E-state index contributed by atoms with van der Waals surface area (Å²) < 4.78 is 4.54. The van der Waals surface area contributed by atoms with E-state index in [1.807, 2.05) is 0 Å². The minimum absolute atomic E-state index is 0.0198. The van der Waals surface area contributed by atoms with Crippen LogP contribution in [-0.4, -0.2) is 80.1 Å². The number of piperazine rings is 1. The van der Waals surface area contributed by atoms with E-state index in [-0.39, 0.29) is 12.5 Å². The van der Waals surface area contributed by atoms with Gasteiger partial charge in [-0.2, -0.15) is 0 Å². The van der Waals surface area contributed by atoms with Gasteiger partial charge in [0.25, 0.3) is 0 Å². The molecule has 0 aliphatic carbocycles. The van der Waals surface area contributed by atoms with Gasteiger partial charge in [0.05, 0.1) is 7.11 Å². The molecule has 0 aromatic heterocycles. The Bertz CT molecular complexity index is 275. The predicted molar refractivity (Wildman–Crippen MR) is 63.7 cm³/mol. The van der Waals surface area contributed by atoms with Gasteiger partial charge in [0.2, 0.25) is 5.91 Å². The number of hydrogen-bond acceptors (Lipinski definition) is 4. The number of carbonyl (C=O) groups excluding carboxylic acids is 2. The van der Waals surface area contributed by atoms with Crippen LogP contribution >= 0.6 is 0 Å². The smallest absolute Gasteiger partial charge is 0.409 e. The van der Waals surface area contributed by atoms with Crippen LogP contribution in [0.1, 0.15) is 6.92 Å². The summed E-state index contributed by atoms with van der Waals surface area (Å²) in [5.41, 5.74) is 0. The lowest BCUT2D eigenvalue weighted by molar-refractivity contribution is -0.133. The summed E-state index contributed by atoms with van der Waals surface area (Å²) in [4.78, 5) is 28.4. The lowest BCUT2D eigenvalue weighted by Gasteiger charge is -2.34. The number of carbonyl (C=O) groups is 2. The summed E-state index contributed by atoms with van der Waals surface area (Å²) in [7, 11) is 2.87. The predicted octanol–water partition coefficient (Wildman–Crippen LogP) is -0.151. The van der Waals surface area contributed by atoms with Crippen molar-refractivity contribution in [3.05, 3.63) is 0 Å². The summed E-state index contributed by atoms with van der Waals surface area (Å²) in [5, 5.41) is 0. The lowest BCUT2D eigenvalue weighted by atomic mass is 10.3. The molecule has 0 spiro atoms. The first-order valence-corrected chi connectivity index (χ1v) is 5.87. The van der Waals surface area contributed by atoms with Crippen LogP contribution in [0.5, 0.6) is 0 Å². The first kappa shape index (κ1) is 13.8. The second-order valence-corrected chi connectivity index (χ2v) is 4.14. The average Bonchev–Trinajstić information content (AvgIpc) is 2.37. The van der Waals surface area contributed by atoms with Crippen molar-refractivity contribution in [1.82, 2.24) is 14.7 Å². The summed E-state index contributed by atoms with van der Waals surface area (Å²) in [6.07, 6.45) is -0.481. The highest BCUT2D eigenvalue weighted by Gasteiger charge is 2.22. The van der Waals surface area contributed by atoms with Gasteiger partial charge in [-0.15, -0.1) is 0 Å². The van der Waals surface area contributed by atoms with E-state index in [2.05, 4.69) is 16.6 Å². The molecule has 1 saturated heterocycles. The van der Waals surface area contributed by atoms with E-state index in [4.69, 9.17) is 0 Å². The number of amides is 2. The van der Waals surface area contributed by atoms with Crippen molar-refractivity contribution in [3.63, 3.8) is 0 Å². The summed E-state index contributed by atoms with van der Waals surface area (Å²) in [6, 6.07) is 0. The topological polar surface area (TPSA) is 53.1 Å². The molecule has 0 saturated carbocycles. The number of likely N-dealkylation sites (N-methyl/N-ethyl adjacent to an activating group) is 2. The van der Waals surface area contributed by atoms with Gasteiger partial charge in [0.1, 0.15) is 6.54 Å². The molecule has 1 heterocycles. The first-order chi connectivity index (χ1) is 8.08. The zero-order chi connectivity index (χ0) is 12.8. The van der Waals surface area contributed by atoms with Gasteiger partial charge in [-0.3, -0.25) is 4.79 Å². The molecule has 2 amide bonds. The van der Waals surface area contributed by atoms with Gasteiger partial charge in [0.15, 0.2) is 0 Å². The van der Waals surface area contributed by atoms with E-state index in [1.165, 1.54) is 12.0 Å². The molecule has 0 radical (unpaired) electrons. The van der Waals surface area contributed by atoms with Gasteiger partial charge in [-0.1, -0.05) is 6.92 Å². The molecule has 0 atom stereocenters. The van der Waals surface area contributed by atoms with Crippen LogP contribution in [0.25, 0.3) is 0 Å². The fourth-order valence-electron chi connectivity index (χ4n) is 1.84. The second-order valence-electron chi connectivity index (χ2n) is 4.14. The maximum Gasteiger partial charge on any atom is 0.409 e. The quantitative estimate of drug-likeness (QED) is 0.691. The number of rotatable bonds is 3. The summed E-state index contributed by atoms with van der Waals surface area (Å²) in [6.45, 7) is 6.50. The summed E-state index contributed by atoms with van der Waals surface area (Å²) >= 11 is 0. The highest BCUT2D eigenvalue weighted by Crippen LogP contribution is 2.02. The van der Waals surface area contributed by atoms with Gasteiger partial charge in [-0.25, -0.2) is 4.79 Å². The van der Waals surface area contributed by atoms with E-state index in [0.717, 1.165) is 32.7 Å². The number of ether oxygens (including phenoxy) is 1. The van der Waals surface area contributed by atoms with Crippen molar-refractivity contribution in [3.8, 4) is 0 Å². The van der Waals surface area contributed by atoms with Crippen molar-refractivity contribution >= 4 is 12.0 Å². The Morgan fingerprint density at radius 2 is 1.82 bits per heavy atom. The number of methoxy groups -OCH3 is 1. The molecule has 0 N–H and O–H groups in total. The van der Waals surface area contributed by atoms with Crippen molar-refractivity contribution < 1.29 is 14.3 Å². The minimum Gasteiger partial charge on any atom is -0.453 e. The molecule has 1 rings (SSSR count). The Hall–Kier alpha value is -1.30. The van der Waals surface area contributed by atoms with Crippen LogP contribution in [0.15, 0.2) is 0 Å². The Morgan fingerprint density at radius 3 is 2.29 bits per heavy atom. The second kappa shape index (κ2) is 6.44. The van der Waals surface area contributed by atoms with Gasteiger partial charge in [0, 0.05) is 33.2 Å². The van der Waals surface area contributed by atoms with Crippen LogP contribution in [0.2, 0.25) is 0 Å².